The van der Waals surface area contributed by atoms with Gasteiger partial charge in [0.05, 0.1) is 11.0 Å². The topological polar surface area (TPSA) is 11.4 Å². The van der Waals surface area contributed by atoms with Crippen LogP contribution >= 0.6 is 0 Å². The molecule has 3 nitrogen and oxygen atoms in total. The third-order valence-electron chi connectivity index (χ3n) is 13.2. The molecular formula is C62H41N3. The van der Waals surface area contributed by atoms with Crippen molar-refractivity contribution in [3.8, 4) is 5.69 Å². The Hall–Kier alpha value is -8.66. The maximum atomic E-state index is 2.48. The van der Waals surface area contributed by atoms with Crippen LogP contribution in [0, 0.1) is 0 Å². The predicted octanol–water partition coefficient (Wildman–Crippen LogP) is 17.5. The lowest BCUT2D eigenvalue weighted by atomic mass is 9.90. The van der Waals surface area contributed by atoms with Gasteiger partial charge in [0.1, 0.15) is 0 Å². The molecule has 0 aliphatic carbocycles. The molecule has 12 aromatic carbocycles. The maximum Gasteiger partial charge on any atom is 0.0547 e. The van der Waals surface area contributed by atoms with Crippen LogP contribution in [-0.4, -0.2) is 4.57 Å². The highest BCUT2D eigenvalue weighted by Gasteiger charge is 2.21. The first-order valence-corrected chi connectivity index (χ1v) is 22.3. The largest absolute Gasteiger partial charge is 0.310 e. The first kappa shape index (κ1) is 36.9. The first-order valence-electron chi connectivity index (χ1n) is 22.3. The summed E-state index contributed by atoms with van der Waals surface area (Å²) in [6.45, 7) is 0. The van der Waals surface area contributed by atoms with Gasteiger partial charge in [-0.1, -0.05) is 140 Å². The van der Waals surface area contributed by atoms with E-state index >= 15 is 0 Å². The van der Waals surface area contributed by atoms with Crippen LogP contribution in [0.4, 0.5) is 34.1 Å². The monoisotopic (exact) mass is 827 g/mol. The van der Waals surface area contributed by atoms with Crippen molar-refractivity contribution in [1.82, 2.24) is 4.57 Å². The molecule has 13 aromatic rings. The number of nitrogens with zero attached hydrogens (tertiary/aromatic N) is 3. The average molecular weight is 828 g/mol. The molecule has 1 aromatic heterocycles. The van der Waals surface area contributed by atoms with Crippen molar-refractivity contribution >= 4 is 110 Å². The molecular weight excluding hydrogens is 787 g/mol. The zero-order valence-corrected chi connectivity index (χ0v) is 35.5. The van der Waals surface area contributed by atoms with Crippen LogP contribution in [0.15, 0.2) is 249 Å². The van der Waals surface area contributed by atoms with Gasteiger partial charge in [-0.15, -0.1) is 0 Å². The van der Waals surface area contributed by atoms with Crippen molar-refractivity contribution < 1.29 is 0 Å². The van der Waals surface area contributed by atoms with Crippen molar-refractivity contribution in [2.45, 2.75) is 0 Å². The van der Waals surface area contributed by atoms with Gasteiger partial charge < -0.3 is 14.4 Å². The Morgan fingerprint density at radius 2 is 0.692 bits per heavy atom. The zero-order chi connectivity index (χ0) is 42.8. The zero-order valence-electron chi connectivity index (χ0n) is 35.5. The van der Waals surface area contributed by atoms with Gasteiger partial charge in [-0.3, -0.25) is 0 Å². The van der Waals surface area contributed by atoms with Gasteiger partial charge in [-0.05, 0) is 163 Å². The van der Waals surface area contributed by atoms with Crippen molar-refractivity contribution in [2.24, 2.45) is 0 Å². The number of hydrogen-bond donors (Lipinski definition) is 0. The van der Waals surface area contributed by atoms with Gasteiger partial charge in [0.2, 0.25) is 0 Å². The molecule has 0 aliphatic rings. The van der Waals surface area contributed by atoms with Crippen molar-refractivity contribution in [2.75, 3.05) is 9.80 Å². The summed E-state index contributed by atoms with van der Waals surface area (Å²) in [5.41, 5.74) is 10.2. The lowest BCUT2D eigenvalue weighted by molar-refractivity contribution is 1.19. The van der Waals surface area contributed by atoms with Gasteiger partial charge in [-0.25, -0.2) is 0 Å². The molecule has 0 unspecified atom stereocenters. The highest BCUT2D eigenvalue weighted by molar-refractivity contribution is 6.31. The molecule has 1 heterocycles. The second kappa shape index (κ2) is 15.0. The van der Waals surface area contributed by atoms with Crippen LogP contribution in [0.3, 0.4) is 0 Å². The van der Waals surface area contributed by atoms with Gasteiger partial charge in [0.15, 0.2) is 0 Å². The molecule has 3 heteroatoms. The molecule has 0 N–H and O–H groups in total. The smallest absolute Gasteiger partial charge is 0.0547 e. The van der Waals surface area contributed by atoms with E-state index in [9.17, 15) is 0 Å². The number of para-hydroxylation sites is 5. The van der Waals surface area contributed by atoms with Crippen LogP contribution in [0.25, 0.3) is 81.4 Å². The molecule has 0 saturated heterocycles. The molecule has 0 aliphatic heterocycles. The Balaban J connectivity index is 1.11. The molecule has 0 bridgehead atoms. The number of rotatable bonds is 7. The molecule has 304 valence electrons. The van der Waals surface area contributed by atoms with Crippen LogP contribution in [0.5, 0.6) is 0 Å². The van der Waals surface area contributed by atoms with Crippen LogP contribution in [0.2, 0.25) is 0 Å². The fourth-order valence-electron chi connectivity index (χ4n) is 10.3. The quantitative estimate of drug-likeness (QED) is 0.117. The summed E-state index contributed by atoms with van der Waals surface area (Å²) in [5.74, 6) is 0. The molecule has 0 saturated carbocycles. The Morgan fingerprint density at radius 3 is 1.26 bits per heavy atom. The Labute approximate surface area is 376 Å². The van der Waals surface area contributed by atoms with E-state index in [1.807, 2.05) is 0 Å². The molecule has 0 fully saturated rings. The average Bonchev–Trinajstić information content (AvgIpc) is 3.72. The first-order chi connectivity index (χ1) is 32.2. The predicted molar refractivity (Wildman–Crippen MR) is 278 cm³/mol. The normalized spacial score (nSPS) is 11.7. The van der Waals surface area contributed by atoms with Gasteiger partial charge in [0, 0.05) is 50.6 Å². The molecule has 0 radical (unpaired) electrons. The summed E-state index contributed by atoms with van der Waals surface area (Å²) in [6, 6.07) is 90.8. The van der Waals surface area contributed by atoms with Gasteiger partial charge in [-0.2, -0.15) is 0 Å². The fourth-order valence-corrected chi connectivity index (χ4v) is 10.3. The standard InChI is InChI=1S/C62H41N3/c1-5-19-45(20-6-1)63(46-21-7-2-8-22-46)50-32-34-52-56-38-44-30-36-61-62(54-27-15-16-28-60(54)65(61)49-31-29-42-17-13-14-18-43(42)37-49)55(44)41-59(56)53-35-33-51(40-58(53)57(52)39-50)64(47-23-9-3-10-24-47)48-25-11-4-12-26-48/h1-41H. The lowest BCUT2D eigenvalue weighted by Gasteiger charge is -2.27. The highest BCUT2D eigenvalue weighted by Crippen LogP contribution is 2.46. The van der Waals surface area contributed by atoms with E-state index in [-0.39, 0.29) is 0 Å². The summed E-state index contributed by atoms with van der Waals surface area (Å²) in [6.07, 6.45) is 0. The number of benzene rings is 12. The number of hydrogen-bond acceptors (Lipinski definition) is 2. The summed E-state index contributed by atoms with van der Waals surface area (Å²) >= 11 is 0. The summed E-state index contributed by atoms with van der Waals surface area (Å²) in [7, 11) is 0. The van der Waals surface area contributed by atoms with Crippen LogP contribution < -0.4 is 9.80 Å². The Kier molecular flexibility index (Phi) is 8.53. The Morgan fingerprint density at radius 1 is 0.231 bits per heavy atom. The van der Waals surface area contributed by atoms with Gasteiger partial charge in [0.25, 0.3) is 0 Å². The molecule has 0 amide bonds. The summed E-state index contributed by atoms with van der Waals surface area (Å²) in [4.78, 5) is 4.73. The molecule has 65 heavy (non-hydrogen) atoms. The molecule has 0 atom stereocenters. The minimum absolute atomic E-state index is 1.10. The third kappa shape index (κ3) is 6.05. The van der Waals surface area contributed by atoms with Crippen molar-refractivity contribution in [3.05, 3.63) is 249 Å². The van der Waals surface area contributed by atoms with Gasteiger partial charge >= 0.3 is 0 Å². The maximum absolute atomic E-state index is 2.48. The van der Waals surface area contributed by atoms with E-state index in [1.54, 1.807) is 0 Å². The third-order valence-corrected chi connectivity index (χ3v) is 13.2. The van der Waals surface area contributed by atoms with Crippen LogP contribution in [-0.2, 0) is 0 Å². The van der Waals surface area contributed by atoms with E-state index in [4.69, 9.17) is 0 Å². The minimum Gasteiger partial charge on any atom is -0.310 e. The number of anilines is 6. The minimum atomic E-state index is 1.10. The van der Waals surface area contributed by atoms with E-state index < -0.39 is 0 Å². The fraction of sp³-hybridized carbons (Fsp3) is 0. The molecule has 13 rings (SSSR count). The van der Waals surface area contributed by atoms with Crippen LogP contribution in [0.1, 0.15) is 0 Å². The highest BCUT2D eigenvalue weighted by atomic mass is 15.1. The lowest BCUT2D eigenvalue weighted by Crippen LogP contribution is -2.10. The van der Waals surface area contributed by atoms with E-state index in [2.05, 4.69) is 263 Å². The summed E-state index contributed by atoms with van der Waals surface area (Å²) < 4.78 is 2.44. The van der Waals surface area contributed by atoms with Crippen molar-refractivity contribution in [3.63, 3.8) is 0 Å². The number of aromatic nitrogens is 1. The SMILES string of the molecule is c1ccc(N(c2ccccc2)c2ccc3c(c2)c2cc(N(c4ccccc4)c4ccccc4)ccc2c2cc4c(ccc5c4c4ccccc4n5-c4ccc5ccccc5c4)cc32)cc1. The van der Waals surface area contributed by atoms with E-state index in [0.717, 1.165) is 39.8 Å². The number of fused-ring (bicyclic) bond motifs is 12. The Bertz CT molecular complexity index is 3860. The van der Waals surface area contributed by atoms with Crippen molar-refractivity contribution in [1.29, 1.82) is 0 Å². The molecule has 0 spiro atoms. The second-order valence-corrected chi connectivity index (χ2v) is 16.9. The second-order valence-electron chi connectivity index (χ2n) is 16.9. The van der Waals surface area contributed by atoms with E-state index in [0.29, 0.717) is 0 Å². The summed E-state index contributed by atoms with van der Waals surface area (Å²) in [5, 5.41) is 14.8. The van der Waals surface area contributed by atoms with E-state index in [1.165, 1.54) is 75.7 Å².